The Morgan fingerprint density at radius 1 is 0.724 bits per heavy atom. The van der Waals surface area contributed by atoms with Gasteiger partial charge in [-0.2, -0.15) is 0 Å². The molecule has 2 aromatic carbocycles. The summed E-state index contributed by atoms with van der Waals surface area (Å²) < 4.78 is 0. The van der Waals surface area contributed by atoms with E-state index in [1.807, 2.05) is 52.0 Å². The van der Waals surface area contributed by atoms with Gasteiger partial charge in [-0.3, -0.25) is 9.98 Å². The van der Waals surface area contributed by atoms with Crippen LogP contribution in [-0.4, -0.2) is 24.5 Å². The van der Waals surface area contributed by atoms with E-state index in [0.717, 1.165) is 47.9 Å². The minimum absolute atomic E-state index is 0. The number of hydrogen-bond acceptors (Lipinski definition) is 4. The van der Waals surface area contributed by atoms with Gasteiger partial charge < -0.3 is 10.2 Å². The summed E-state index contributed by atoms with van der Waals surface area (Å²) >= 11 is 0. The zero-order valence-electron chi connectivity index (χ0n) is 17.5. The van der Waals surface area contributed by atoms with E-state index in [1.165, 1.54) is 0 Å². The average Bonchev–Trinajstić information content (AvgIpc) is 2.65. The third-order valence-corrected chi connectivity index (χ3v) is 5.40. The van der Waals surface area contributed by atoms with Crippen LogP contribution in [0.3, 0.4) is 0 Å². The summed E-state index contributed by atoms with van der Waals surface area (Å²) in [7, 11) is 0. The Hall–Kier alpha value is -2.11. The second kappa shape index (κ2) is 10.1. The van der Waals surface area contributed by atoms with Gasteiger partial charge in [0.25, 0.3) is 0 Å². The maximum absolute atomic E-state index is 12.3. The minimum atomic E-state index is 0. The van der Waals surface area contributed by atoms with E-state index in [2.05, 4.69) is 0 Å². The van der Waals surface area contributed by atoms with Crippen molar-refractivity contribution < 1.29 is 27.0 Å². The summed E-state index contributed by atoms with van der Waals surface area (Å²) in [5.41, 5.74) is 4.91. The van der Waals surface area contributed by atoms with Gasteiger partial charge in [0.1, 0.15) is 0 Å². The third-order valence-electron chi connectivity index (χ3n) is 5.40. The molecule has 1 aliphatic carbocycles. The molecule has 1 radical (unpaired) electrons. The molecular formula is C24H28CoN2O2. The molecule has 0 bridgehead atoms. The number of hydrogen-bond donors (Lipinski definition) is 0. The maximum Gasteiger partial charge on any atom is 2.00 e. The first-order chi connectivity index (χ1) is 13.3. The molecule has 0 N–H and O–H groups in total. The Kier molecular flexibility index (Phi) is 8.05. The van der Waals surface area contributed by atoms with E-state index in [9.17, 15) is 10.2 Å². The molecule has 2 aromatic rings. The Morgan fingerprint density at radius 3 is 1.48 bits per heavy atom. The molecule has 29 heavy (non-hydrogen) atoms. The molecule has 0 amide bonds. The smallest absolute Gasteiger partial charge is 0.872 e. The minimum Gasteiger partial charge on any atom is -0.872 e. The van der Waals surface area contributed by atoms with Gasteiger partial charge in [0.2, 0.25) is 0 Å². The Bertz CT molecular complexity index is 846. The van der Waals surface area contributed by atoms with Crippen LogP contribution in [0.5, 0.6) is 11.5 Å². The standard InChI is InChI=1S/C24H30N2O2.Co/c1-15-9-17(3)23(27)19(11-15)13-25-21-7-5-6-8-22(21)26-14-20-12-16(2)10-18(4)24(20)28;/h9-14,21-22,27-28H,5-8H2,1-4H3;/q;+2/p-2/t21-,22+;. The zero-order valence-corrected chi connectivity index (χ0v) is 18.5. The Balaban J connectivity index is 0.00000300. The van der Waals surface area contributed by atoms with Crippen LogP contribution < -0.4 is 10.2 Å². The summed E-state index contributed by atoms with van der Waals surface area (Å²) in [6.07, 6.45) is 7.57. The first kappa shape index (κ1) is 23.2. The van der Waals surface area contributed by atoms with E-state index < -0.39 is 0 Å². The van der Waals surface area contributed by atoms with Gasteiger partial charge in [-0.15, -0.1) is 0 Å². The Morgan fingerprint density at radius 2 is 1.10 bits per heavy atom. The molecule has 0 heterocycles. The fourth-order valence-electron chi connectivity index (χ4n) is 3.96. The normalized spacial score (nSPS) is 19.6. The average molecular weight is 435 g/mol. The summed E-state index contributed by atoms with van der Waals surface area (Å²) in [6.45, 7) is 7.65. The van der Waals surface area contributed by atoms with Crippen molar-refractivity contribution in [1.82, 2.24) is 0 Å². The molecule has 1 aliphatic rings. The van der Waals surface area contributed by atoms with Crippen LogP contribution in [0.1, 0.15) is 59.1 Å². The van der Waals surface area contributed by atoms with Gasteiger partial charge >= 0.3 is 16.8 Å². The van der Waals surface area contributed by atoms with Gasteiger partial charge in [-0.25, -0.2) is 0 Å². The van der Waals surface area contributed by atoms with Crippen LogP contribution in [-0.2, 0) is 16.8 Å². The molecule has 0 saturated heterocycles. The first-order valence-corrected chi connectivity index (χ1v) is 9.98. The number of aliphatic imine (C=N–C) groups is 2. The number of aryl methyl sites for hydroxylation is 4. The third kappa shape index (κ3) is 5.70. The fourth-order valence-corrected chi connectivity index (χ4v) is 3.96. The van der Waals surface area contributed by atoms with Gasteiger partial charge in [-0.1, -0.05) is 70.9 Å². The molecule has 2 atom stereocenters. The van der Waals surface area contributed by atoms with E-state index >= 15 is 0 Å². The molecule has 0 unspecified atom stereocenters. The predicted molar refractivity (Wildman–Crippen MR) is 112 cm³/mol. The SMILES string of the molecule is Cc1cc(C)c([O-])c(C=N[C@H]2CCCC[C@H]2N=Cc2cc(C)cc(C)c2[O-])c1.[Co+2]. The number of nitrogens with zero attached hydrogens (tertiary/aromatic N) is 2. The fraction of sp³-hybridized carbons (Fsp3) is 0.417. The number of rotatable bonds is 4. The van der Waals surface area contributed by atoms with Crippen LogP contribution >= 0.6 is 0 Å². The van der Waals surface area contributed by atoms with Gasteiger partial charge in [0, 0.05) is 12.4 Å². The van der Waals surface area contributed by atoms with Crippen LogP contribution in [0, 0.1) is 27.7 Å². The first-order valence-electron chi connectivity index (χ1n) is 9.98. The molecule has 3 rings (SSSR count). The molecule has 5 heteroatoms. The predicted octanol–water partition coefficient (Wildman–Crippen LogP) is 3.91. The van der Waals surface area contributed by atoms with Crippen molar-refractivity contribution in [3.05, 3.63) is 57.6 Å². The van der Waals surface area contributed by atoms with Gasteiger partial charge in [0.15, 0.2) is 0 Å². The van der Waals surface area contributed by atoms with E-state index in [1.54, 1.807) is 12.4 Å². The quantitative estimate of drug-likeness (QED) is 0.683. The molecular weight excluding hydrogens is 407 g/mol. The maximum atomic E-state index is 12.3. The molecule has 4 nitrogen and oxygen atoms in total. The van der Waals surface area contributed by atoms with Crippen molar-refractivity contribution in [3.8, 4) is 11.5 Å². The second-order valence-electron chi connectivity index (χ2n) is 7.98. The van der Waals surface area contributed by atoms with Crippen molar-refractivity contribution in [2.24, 2.45) is 9.98 Å². The zero-order chi connectivity index (χ0) is 20.3. The van der Waals surface area contributed by atoms with E-state index in [4.69, 9.17) is 9.98 Å². The summed E-state index contributed by atoms with van der Waals surface area (Å²) in [6, 6.07) is 7.67. The van der Waals surface area contributed by atoms with Crippen molar-refractivity contribution in [1.29, 1.82) is 0 Å². The summed E-state index contributed by atoms with van der Waals surface area (Å²) in [5.74, 6) is 0.0767. The Labute approximate surface area is 184 Å². The van der Waals surface area contributed by atoms with Gasteiger partial charge in [0.05, 0.1) is 12.1 Å². The number of benzene rings is 2. The van der Waals surface area contributed by atoms with Crippen molar-refractivity contribution in [2.75, 3.05) is 0 Å². The summed E-state index contributed by atoms with van der Waals surface area (Å²) in [4.78, 5) is 9.46. The van der Waals surface area contributed by atoms with Crippen LogP contribution in [0.15, 0.2) is 34.3 Å². The second-order valence-corrected chi connectivity index (χ2v) is 7.98. The molecule has 0 aliphatic heterocycles. The summed E-state index contributed by atoms with van der Waals surface area (Å²) in [5, 5.41) is 24.7. The molecule has 0 aromatic heterocycles. The molecule has 1 fully saturated rings. The largest absolute Gasteiger partial charge is 2.00 e. The molecule has 155 valence electrons. The van der Waals surface area contributed by atoms with Crippen molar-refractivity contribution in [2.45, 2.75) is 65.5 Å². The van der Waals surface area contributed by atoms with Crippen molar-refractivity contribution >= 4 is 12.4 Å². The van der Waals surface area contributed by atoms with Crippen LogP contribution in [0.4, 0.5) is 0 Å². The topological polar surface area (TPSA) is 70.8 Å². The van der Waals surface area contributed by atoms with Crippen molar-refractivity contribution in [3.63, 3.8) is 0 Å². The molecule has 0 spiro atoms. The van der Waals surface area contributed by atoms with E-state index in [0.29, 0.717) is 11.1 Å². The van der Waals surface area contributed by atoms with Gasteiger partial charge in [-0.05, 0) is 51.7 Å². The van der Waals surface area contributed by atoms with E-state index in [-0.39, 0.29) is 40.4 Å². The molecule has 1 saturated carbocycles. The van der Waals surface area contributed by atoms with Crippen LogP contribution in [0.2, 0.25) is 0 Å². The van der Waals surface area contributed by atoms with Crippen LogP contribution in [0.25, 0.3) is 0 Å². The monoisotopic (exact) mass is 435 g/mol.